The Labute approximate surface area is 392 Å². The van der Waals surface area contributed by atoms with Crippen LogP contribution in [0.25, 0.3) is 123 Å². The minimum atomic E-state index is 0.543. The molecule has 0 unspecified atom stereocenters. The molecular formula is C62H40N6. The van der Waals surface area contributed by atoms with E-state index in [1.54, 1.807) is 0 Å². The monoisotopic (exact) mass is 868 g/mol. The van der Waals surface area contributed by atoms with Crippen LogP contribution in [-0.2, 0) is 0 Å². The van der Waals surface area contributed by atoms with Crippen molar-refractivity contribution in [2.45, 2.75) is 0 Å². The minimum absolute atomic E-state index is 0.543. The summed E-state index contributed by atoms with van der Waals surface area (Å²) < 4.78 is 4.66. The molecule has 0 saturated carbocycles. The van der Waals surface area contributed by atoms with E-state index in [9.17, 15) is 0 Å². The fraction of sp³-hybridized carbons (Fsp3) is 0. The molecule has 4 aromatic heterocycles. The maximum Gasteiger partial charge on any atom is 0.238 e. The molecule has 0 amide bonds. The van der Waals surface area contributed by atoms with E-state index in [1.165, 1.54) is 0 Å². The summed E-state index contributed by atoms with van der Waals surface area (Å²) in [5.41, 5.74) is 15.4. The number of hydrogen-bond acceptors (Lipinski definition) is 4. The van der Waals surface area contributed by atoms with E-state index in [0.717, 1.165) is 105 Å². The van der Waals surface area contributed by atoms with Crippen LogP contribution in [0.5, 0.6) is 0 Å². The fourth-order valence-electron chi connectivity index (χ4n) is 9.84. The van der Waals surface area contributed by atoms with Gasteiger partial charge in [-0.15, -0.1) is 0 Å². The standard InChI is InChI=1S/C62H40N6/c1-5-19-41(20-6-1)46-39-54(43-23-9-3-10-24-43)63-55(40-46)44-33-35-47(36-34-44)67-56-31-17-15-28-49(56)51-37-38-52-50-29-16-18-32-57(50)68(59(52)58(51)67)62-65-60(45-25-11-4-12-26-45)64-61(66-62)53-30-14-13-27-48(53)42-21-7-2-8-22-42/h1-40H. The molecule has 68 heavy (non-hydrogen) atoms. The summed E-state index contributed by atoms with van der Waals surface area (Å²) in [5.74, 6) is 1.74. The van der Waals surface area contributed by atoms with Crippen LogP contribution in [0.3, 0.4) is 0 Å². The van der Waals surface area contributed by atoms with E-state index in [4.69, 9.17) is 19.9 Å². The number of benzene rings is 9. The van der Waals surface area contributed by atoms with Crippen LogP contribution in [0.4, 0.5) is 0 Å². The van der Waals surface area contributed by atoms with Crippen LogP contribution in [0, 0.1) is 0 Å². The van der Waals surface area contributed by atoms with Crippen molar-refractivity contribution in [3.8, 4) is 79.2 Å². The molecule has 0 spiro atoms. The normalized spacial score (nSPS) is 11.5. The van der Waals surface area contributed by atoms with Crippen LogP contribution >= 0.6 is 0 Å². The highest BCUT2D eigenvalue weighted by Gasteiger charge is 2.24. The zero-order chi connectivity index (χ0) is 45.0. The largest absolute Gasteiger partial charge is 0.307 e. The molecule has 6 heteroatoms. The zero-order valence-corrected chi connectivity index (χ0v) is 36.8. The zero-order valence-electron chi connectivity index (χ0n) is 36.8. The van der Waals surface area contributed by atoms with Crippen molar-refractivity contribution in [3.05, 3.63) is 243 Å². The highest BCUT2D eigenvalue weighted by atomic mass is 15.2. The average molecular weight is 869 g/mol. The molecule has 0 aliphatic heterocycles. The van der Waals surface area contributed by atoms with Gasteiger partial charge < -0.3 is 4.57 Å². The first-order valence-electron chi connectivity index (χ1n) is 22.9. The third kappa shape index (κ3) is 6.66. The van der Waals surface area contributed by atoms with Gasteiger partial charge in [-0.2, -0.15) is 9.97 Å². The first-order valence-corrected chi connectivity index (χ1v) is 22.9. The molecule has 0 radical (unpaired) electrons. The lowest BCUT2D eigenvalue weighted by Crippen LogP contribution is -2.07. The molecule has 318 valence electrons. The van der Waals surface area contributed by atoms with Gasteiger partial charge in [0.05, 0.1) is 33.5 Å². The van der Waals surface area contributed by atoms with Crippen LogP contribution < -0.4 is 0 Å². The van der Waals surface area contributed by atoms with E-state index in [2.05, 4.69) is 221 Å². The van der Waals surface area contributed by atoms with E-state index in [-0.39, 0.29) is 0 Å². The first-order chi connectivity index (χ1) is 33.7. The number of nitrogens with zero attached hydrogens (tertiary/aromatic N) is 6. The lowest BCUT2D eigenvalue weighted by atomic mass is 9.99. The quantitative estimate of drug-likeness (QED) is 0.153. The van der Waals surface area contributed by atoms with Gasteiger partial charge in [-0.25, -0.2) is 9.97 Å². The second kappa shape index (κ2) is 16.3. The van der Waals surface area contributed by atoms with Gasteiger partial charge in [-0.05, 0) is 58.7 Å². The molecule has 13 aromatic rings. The summed E-state index contributed by atoms with van der Waals surface area (Å²) >= 11 is 0. The smallest absolute Gasteiger partial charge is 0.238 e. The SMILES string of the molecule is c1ccc(-c2cc(-c3ccccc3)nc(-c3ccc(-n4c5ccccc5c5ccc6c7ccccc7n(-c7nc(-c8ccccc8)nc(-c8ccccc8-c8ccccc8)n7)c6c54)cc3)c2)cc1. The molecule has 13 rings (SSSR count). The third-order valence-electron chi connectivity index (χ3n) is 13.0. The van der Waals surface area contributed by atoms with Gasteiger partial charge >= 0.3 is 0 Å². The summed E-state index contributed by atoms with van der Waals surface area (Å²) in [6, 6.07) is 85.0. The lowest BCUT2D eigenvalue weighted by molar-refractivity contribution is 0.953. The Morgan fingerprint density at radius 3 is 1.34 bits per heavy atom. The summed E-state index contributed by atoms with van der Waals surface area (Å²) in [4.78, 5) is 21.3. The molecule has 0 bridgehead atoms. The Morgan fingerprint density at radius 2 is 0.721 bits per heavy atom. The maximum atomic E-state index is 5.45. The lowest BCUT2D eigenvalue weighted by Gasteiger charge is -2.15. The Bertz CT molecular complexity index is 3930. The molecule has 0 aliphatic carbocycles. The number of rotatable bonds is 8. The molecule has 0 saturated heterocycles. The van der Waals surface area contributed by atoms with Crippen LogP contribution in [-0.4, -0.2) is 29.1 Å². The van der Waals surface area contributed by atoms with Gasteiger partial charge in [0.25, 0.3) is 0 Å². The molecule has 4 heterocycles. The van der Waals surface area contributed by atoms with Crippen LogP contribution in [0.2, 0.25) is 0 Å². The average Bonchev–Trinajstić information content (AvgIpc) is 3.95. The Hall–Kier alpha value is -9.26. The van der Waals surface area contributed by atoms with Gasteiger partial charge in [0, 0.05) is 49.5 Å². The van der Waals surface area contributed by atoms with Crippen LogP contribution in [0.15, 0.2) is 243 Å². The molecule has 0 N–H and O–H groups in total. The Balaban J connectivity index is 1.05. The number of aromatic nitrogens is 6. The van der Waals surface area contributed by atoms with Gasteiger partial charge in [-0.3, -0.25) is 4.57 Å². The van der Waals surface area contributed by atoms with Crippen molar-refractivity contribution >= 4 is 43.6 Å². The van der Waals surface area contributed by atoms with Crippen molar-refractivity contribution in [1.29, 1.82) is 0 Å². The molecule has 0 atom stereocenters. The molecular weight excluding hydrogens is 829 g/mol. The fourth-order valence-corrected chi connectivity index (χ4v) is 9.84. The van der Waals surface area contributed by atoms with E-state index < -0.39 is 0 Å². The number of pyridine rings is 1. The summed E-state index contributed by atoms with van der Waals surface area (Å²) in [6.45, 7) is 0. The van der Waals surface area contributed by atoms with Crippen molar-refractivity contribution in [2.24, 2.45) is 0 Å². The second-order valence-corrected chi connectivity index (χ2v) is 17.0. The third-order valence-corrected chi connectivity index (χ3v) is 13.0. The van der Waals surface area contributed by atoms with Crippen molar-refractivity contribution in [1.82, 2.24) is 29.1 Å². The van der Waals surface area contributed by atoms with Gasteiger partial charge in [-0.1, -0.05) is 206 Å². The number of para-hydroxylation sites is 2. The highest BCUT2D eigenvalue weighted by molar-refractivity contribution is 6.23. The predicted molar refractivity (Wildman–Crippen MR) is 279 cm³/mol. The molecule has 9 aromatic carbocycles. The maximum absolute atomic E-state index is 5.45. The van der Waals surface area contributed by atoms with Crippen molar-refractivity contribution < 1.29 is 0 Å². The topological polar surface area (TPSA) is 61.4 Å². The minimum Gasteiger partial charge on any atom is -0.307 e. The van der Waals surface area contributed by atoms with Crippen molar-refractivity contribution in [2.75, 3.05) is 0 Å². The molecule has 0 fully saturated rings. The molecule has 0 aliphatic rings. The van der Waals surface area contributed by atoms with Gasteiger partial charge in [0.15, 0.2) is 11.6 Å². The van der Waals surface area contributed by atoms with E-state index in [0.29, 0.717) is 17.6 Å². The van der Waals surface area contributed by atoms with E-state index >= 15 is 0 Å². The summed E-state index contributed by atoms with van der Waals surface area (Å²) in [7, 11) is 0. The number of hydrogen-bond donors (Lipinski definition) is 0. The first kappa shape index (κ1) is 39.1. The number of fused-ring (bicyclic) bond motifs is 7. The predicted octanol–water partition coefficient (Wildman–Crippen LogP) is 15.5. The van der Waals surface area contributed by atoms with Gasteiger partial charge in [0.2, 0.25) is 5.95 Å². The van der Waals surface area contributed by atoms with Crippen LogP contribution in [0.1, 0.15) is 0 Å². The Morgan fingerprint density at radius 1 is 0.265 bits per heavy atom. The second-order valence-electron chi connectivity index (χ2n) is 17.0. The summed E-state index contributed by atoms with van der Waals surface area (Å²) in [6.07, 6.45) is 0. The summed E-state index contributed by atoms with van der Waals surface area (Å²) in [5, 5.41) is 4.52. The van der Waals surface area contributed by atoms with Gasteiger partial charge in [0.1, 0.15) is 0 Å². The van der Waals surface area contributed by atoms with E-state index in [1.807, 2.05) is 30.3 Å². The van der Waals surface area contributed by atoms with Crippen molar-refractivity contribution in [3.63, 3.8) is 0 Å². The molecule has 6 nitrogen and oxygen atoms in total. The Kier molecular flexibility index (Phi) is 9.39. The highest BCUT2D eigenvalue weighted by Crippen LogP contribution is 2.42.